The topological polar surface area (TPSA) is 79.3 Å². The highest BCUT2D eigenvalue weighted by atomic mass is 19.4. The van der Waals surface area contributed by atoms with Crippen LogP contribution < -0.4 is 15.4 Å². The van der Waals surface area contributed by atoms with Crippen molar-refractivity contribution in [3.8, 4) is 5.75 Å². The van der Waals surface area contributed by atoms with Crippen molar-refractivity contribution in [2.24, 2.45) is 0 Å². The molecule has 0 aliphatic rings. The maximum atomic E-state index is 12.9. The number of aliphatic hydroxyl groups excluding tert-OH is 1. The third-order valence-electron chi connectivity index (χ3n) is 3.06. The standard InChI is InChI=1S/C15H17F3N4O2/c1-24-11-5-3-2-4-10(11)9-20-13-8-12(15(16,17)18)21-14(22-13)19-6-7-23/h2-5,8,23H,6-7,9H2,1H3,(H2,19,20,21,22). The van der Waals surface area contributed by atoms with Crippen LogP contribution in [-0.2, 0) is 12.7 Å². The average molecular weight is 342 g/mol. The van der Waals surface area contributed by atoms with Gasteiger partial charge in [-0.25, -0.2) is 4.98 Å². The SMILES string of the molecule is COc1ccccc1CNc1cc(C(F)(F)F)nc(NCCO)n1. The monoisotopic (exact) mass is 342 g/mol. The summed E-state index contributed by atoms with van der Waals surface area (Å²) in [5.74, 6) is 0.429. The van der Waals surface area contributed by atoms with Crippen LogP contribution in [0.5, 0.6) is 5.75 Å². The molecule has 0 aliphatic heterocycles. The average Bonchev–Trinajstić information content (AvgIpc) is 2.57. The van der Waals surface area contributed by atoms with Crippen LogP contribution in [0.15, 0.2) is 30.3 Å². The van der Waals surface area contributed by atoms with Gasteiger partial charge in [-0.05, 0) is 6.07 Å². The van der Waals surface area contributed by atoms with Gasteiger partial charge in [-0.1, -0.05) is 18.2 Å². The second-order valence-electron chi connectivity index (χ2n) is 4.78. The molecule has 0 fully saturated rings. The predicted molar refractivity (Wildman–Crippen MR) is 82.9 cm³/mol. The second-order valence-corrected chi connectivity index (χ2v) is 4.78. The second kappa shape index (κ2) is 7.82. The van der Waals surface area contributed by atoms with Crippen molar-refractivity contribution in [2.45, 2.75) is 12.7 Å². The summed E-state index contributed by atoms with van der Waals surface area (Å²) < 4.78 is 44.0. The van der Waals surface area contributed by atoms with Gasteiger partial charge in [0.05, 0.1) is 13.7 Å². The Morgan fingerprint density at radius 2 is 1.92 bits per heavy atom. The summed E-state index contributed by atoms with van der Waals surface area (Å²) in [6.45, 7) is 0.0363. The molecule has 0 bridgehead atoms. The first-order valence-corrected chi connectivity index (χ1v) is 7.11. The summed E-state index contributed by atoms with van der Waals surface area (Å²) in [7, 11) is 1.52. The minimum atomic E-state index is -4.60. The van der Waals surface area contributed by atoms with Crippen LogP contribution in [0, 0.1) is 0 Å². The minimum Gasteiger partial charge on any atom is -0.496 e. The van der Waals surface area contributed by atoms with E-state index in [0.29, 0.717) is 5.75 Å². The van der Waals surface area contributed by atoms with Crippen molar-refractivity contribution >= 4 is 11.8 Å². The van der Waals surface area contributed by atoms with Crippen molar-refractivity contribution in [3.05, 3.63) is 41.6 Å². The Balaban J connectivity index is 2.21. The van der Waals surface area contributed by atoms with Crippen LogP contribution in [-0.4, -0.2) is 35.3 Å². The first-order valence-electron chi connectivity index (χ1n) is 7.11. The first-order chi connectivity index (χ1) is 11.4. The Labute approximate surface area is 136 Å². The number of methoxy groups -OCH3 is 1. The summed E-state index contributed by atoms with van der Waals surface area (Å²) >= 11 is 0. The fraction of sp³-hybridized carbons (Fsp3) is 0.333. The third kappa shape index (κ3) is 4.72. The van der Waals surface area contributed by atoms with Crippen LogP contribution in [0.3, 0.4) is 0 Å². The lowest BCUT2D eigenvalue weighted by Crippen LogP contribution is -2.15. The molecule has 130 valence electrons. The molecule has 2 aromatic rings. The molecule has 1 aromatic carbocycles. The van der Waals surface area contributed by atoms with Gasteiger partial charge in [-0.3, -0.25) is 0 Å². The smallest absolute Gasteiger partial charge is 0.433 e. The molecule has 0 unspecified atom stereocenters. The highest BCUT2D eigenvalue weighted by Gasteiger charge is 2.33. The number of nitrogens with one attached hydrogen (secondary N) is 2. The maximum Gasteiger partial charge on any atom is 0.433 e. The largest absolute Gasteiger partial charge is 0.496 e. The van der Waals surface area contributed by atoms with Crippen LogP contribution >= 0.6 is 0 Å². The molecular formula is C15H17F3N4O2. The quantitative estimate of drug-likeness (QED) is 0.718. The molecule has 9 heteroatoms. The van der Waals surface area contributed by atoms with Gasteiger partial charge in [0.25, 0.3) is 0 Å². The Hall–Kier alpha value is -2.55. The maximum absolute atomic E-state index is 12.9. The zero-order valence-corrected chi connectivity index (χ0v) is 12.9. The molecule has 6 nitrogen and oxygen atoms in total. The molecule has 0 atom stereocenters. The lowest BCUT2D eigenvalue weighted by atomic mass is 10.2. The number of aromatic nitrogens is 2. The van der Waals surface area contributed by atoms with Gasteiger partial charge in [-0.15, -0.1) is 0 Å². The summed E-state index contributed by atoms with van der Waals surface area (Å²) in [6, 6.07) is 7.98. The van der Waals surface area contributed by atoms with Crippen LogP contribution in [0.4, 0.5) is 24.9 Å². The number of rotatable bonds is 7. The van der Waals surface area contributed by atoms with Crippen LogP contribution in [0.1, 0.15) is 11.3 Å². The van der Waals surface area contributed by atoms with Gasteiger partial charge in [0, 0.05) is 24.7 Å². The van der Waals surface area contributed by atoms with Crippen molar-refractivity contribution < 1.29 is 23.0 Å². The van der Waals surface area contributed by atoms with Gasteiger partial charge >= 0.3 is 6.18 Å². The number of hydrogen-bond donors (Lipinski definition) is 3. The number of ether oxygens (including phenoxy) is 1. The summed E-state index contributed by atoms with van der Waals surface area (Å²) in [5, 5.41) is 14.1. The Morgan fingerprint density at radius 3 is 2.58 bits per heavy atom. The fourth-order valence-corrected chi connectivity index (χ4v) is 1.96. The van der Waals surface area contributed by atoms with E-state index in [4.69, 9.17) is 9.84 Å². The van der Waals surface area contributed by atoms with E-state index >= 15 is 0 Å². The van der Waals surface area contributed by atoms with E-state index in [1.165, 1.54) is 7.11 Å². The molecule has 0 aliphatic carbocycles. The van der Waals surface area contributed by atoms with E-state index in [0.717, 1.165) is 11.6 Å². The molecule has 24 heavy (non-hydrogen) atoms. The number of nitrogens with zero attached hydrogens (tertiary/aromatic N) is 2. The Kier molecular flexibility index (Phi) is 5.80. The highest BCUT2D eigenvalue weighted by Crippen LogP contribution is 2.30. The van der Waals surface area contributed by atoms with Crippen LogP contribution in [0.25, 0.3) is 0 Å². The van der Waals surface area contributed by atoms with Crippen molar-refractivity contribution in [1.82, 2.24) is 9.97 Å². The summed E-state index contributed by atoms with van der Waals surface area (Å²) in [5.41, 5.74) is -0.294. The molecule has 0 saturated heterocycles. The van der Waals surface area contributed by atoms with E-state index < -0.39 is 11.9 Å². The highest BCUT2D eigenvalue weighted by molar-refractivity contribution is 5.45. The summed E-state index contributed by atoms with van der Waals surface area (Å²) in [4.78, 5) is 7.38. The molecule has 1 heterocycles. The number of aliphatic hydroxyl groups is 1. The van der Waals surface area contributed by atoms with E-state index in [1.807, 2.05) is 0 Å². The van der Waals surface area contributed by atoms with E-state index in [1.54, 1.807) is 24.3 Å². The van der Waals surface area contributed by atoms with Crippen molar-refractivity contribution in [1.29, 1.82) is 0 Å². The lowest BCUT2D eigenvalue weighted by Gasteiger charge is -2.13. The molecule has 0 amide bonds. The van der Waals surface area contributed by atoms with Gasteiger partial charge in [0.2, 0.25) is 5.95 Å². The van der Waals surface area contributed by atoms with Gasteiger partial charge < -0.3 is 20.5 Å². The van der Waals surface area contributed by atoms with E-state index in [9.17, 15) is 13.2 Å². The zero-order chi connectivity index (χ0) is 17.6. The van der Waals surface area contributed by atoms with Crippen molar-refractivity contribution in [2.75, 3.05) is 30.9 Å². The molecule has 2 rings (SSSR count). The Bertz CT molecular complexity index is 680. The molecule has 1 aromatic heterocycles. The summed E-state index contributed by atoms with van der Waals surface area (Å²) in [6.07, 6.45) is -4.60. The fourth-order valence-electron chi connectivity index (χ4n) is 1.96. The van der Waals surface area contributed by atoms with Gasteiger partial charge in [0.1, 0.15) is 11.6 Å². The molecule has 0 saturated carbocycles. The van der Waals surface area contributed by atoms with Gasteiger partial charge in [-0.2, -0.15) is 18.2 Å². The molecular weight excluding hydrogens is 325 g/mol. The number of anilines is 2. The van der Waals surface area contributed by atoms with E-state index in [-0.39, 0.29) is 31.5 Å². The van der Waals surface area contributed by atoms with Crippen LogP contribution in [0.2, 0.25) is 0 Å². The first kappa shape index (κ1) is 17.8. The number of para-hydroxylation sites is 1. The number of halogens is 3. The Morgan fingerprint density at radius 1 is 1.17 bits per heavy atom. The van der Waals surface area contributed by atoms with Gasteiger partial charge in [0.15, 0.2) is 5.69 Å². The molecule has 0 radical (unpaired) electrons. The van der Waals surface area contributed by atoms with E-state index in [2.05, 4.69) is 20.6 Å². The third-order valence-corrected chi connectivity index (χ3v) is 3.06. The molecule has 3 N–H and O–H groups in total. The zero-order valence-electron chi connectivity index (χ0n) is 12.9. The number of benzene rings is 1. The number of hydrogen-bond acceptors (Lipinski definition) is 6. The predicted octanol–water partition coefficient (Wildman–Crippen LogP) is 2.52. The van der Waals surface area contributed by atoms with Crippen molar-refractivity contribution in [3.63, 3.8) is 0 Å². The normalized spacial score (nSPS) is 11.2. The molecule has 0 spiro atoms. The lowest BCUT2D eigenvalue weighted by molar-refractivity contribution is -0.141. The number of alkyl halides is 3. The minimum absolute atomic E-state index is 0.0173.